The van der Waals surface area contributed by atoms with Gasteiger partial charge in [0, 0.05) is 5.41 Å². The van der Waals surface area contributed by atoms with Crippen molar-refractivity contribution in [3.63, 3.8) is 0 Å². The van der Waals surface area contributed by atoms with E-state index < -0.39 is 0 Å². The van der Waals surface area contributed by atoms with Crippen molar-refractivity contribution in [2.75, 3.05) is 6.61 Å². The molecule has 0 saturated heterocycles. The van der Waals surface area contributed by atoms with Crippen LogP contribution in [0.25, 0.3) is 0 Å². The molecule has 0 aromatic carbocycles. The van der Waals surface area contributed by atoms with Gasteiger partial charge in [-0.1, -0.05) is 33.9 Å². The van der Waals surface area contributed by atoms with Crippen molar-refractivity contribution >= 4 is 5.97 Å². The second kappa shape index (κ2) is 4.69. The summed E-state index contributed by atoms with van der Waals surface area (Å²) >= 11 is 0. The van der Waals surface area contributed by atoms with Crippen molar-refractivity contribution < 1.29 is 14.3 Å². The maximum atomic E-state index is 12.0. The van der Waals surface area contributed by atoms with Gasteiger partial charge in [0.1, 0.15) is 12.7 Å². The number of hydrogen-bond acceptors (Lipinski definition) is 3. The first-order valence-corrected chi connectivity index (χ1v) is 6.94. The summed E-state index contributed by atoms with van der Waals surface area (Å²) in [5.41, 5.74) is 0.688. The Labute approximate surface area is 115 Å². The van der Waals surface area contributed by atoms with Crippen LogP contribution in [0.4, 0.5) is 0 Å². The molecule has 19 heavy (non-hydrogen) atoms. The lowest BCUT2D eigenvalue weighted by atomic mass is 9.70. The monoisotopic (exact) mass is 264 g/mol. The van der Waals surface area contributed by atoms with Gasteiger partial charge in [0.2, 0.25) is 0 Å². The number of rotatable bonds is 5. The van der Waals surface area contributed by atoms with Crippen molar-refractivity contribution in [1.82, 2.24) is 0 Å². The summed E-state index contributed by atoms with van der Waals surface area (Å²) in [7, 11) is 0. The fourth-order valence-corrected chi connectivity index (χ4v) is 3.74. The summed E-state index contributed by atoms with van der Waals surface area (Å²) in [4.78, 5) is 12.0. The second-order valence-corrected chi connectivity index (χ2v) is 6.59. The third kappa shape index (κ3) is 2.09. The van der Waals surface area contributed by atoms with Crippen molar-refractivity contribution in [2.24, 2.45) is 16.7 Å². The Kier molecular flexibility index (Phi) is 3.50. The molecule has 0 heterocycles. The van der Waals surface area contributed by atoms with Crippen LogP contribution in [-0.4, -0.2) is 18.7 Å². The molecule has 0 aromatic heterocycles. The molecule has 0 aromatic rings. The van der Waals surface area contributed by atoms with Gasteiger partial charge < -0.3 is 9.47 Å². The van der Waals surface area contributed by atoms with Gasteiger partial charge >= 0.3 is 5.97 Å². The first-order valence-electron chi connectivity index (χ1n) is 6.94. The summed E-state index contributed by atoms with van der Waals surface area (Å²) < 4.78 is 10.7. The lowest BCUT2D eigenvalue weighted by Crippen LogP contribution is -2.38. The molecule has 0 spiro atoms. The Morgan fingerprint density at radius 2 is 2.11 bits per heavy atom. The molecule has 2 bridgehead atoms. The third-order valence-corrected chi connectivity index (χ3v) is 5.63. The smallest absolute Gasteiger partial charge is 0.337 e. The van der Waals surface area contributed by atoms with Gasteiger partial charge in [-0.25, -0.2) is 4.79 Å². The largest absolute Gasteiger partial charge is 0.497 e. The Morgan fingerprint density at radius 1 is 1.42 bits per heavy atom. The molecule has 0 N–H and O–H groups in total. The topological polar surface area (TPSA) is 35.5 Å². The zero-order valence-corrected chi connectivity index (χ0v) is 12.2. The molecule has 106 valence electrons. The van der Waals surface area contributed by atoms with Crippen LogP contribution in [0.5, 0.6) is 0 Å². The van der Waals surface area contributed by atoms with Crippen molar-refractivity contribution in [3.8, 4) is 0 Å². The van der Waals surface area contributed by atoms with Gasteiger partial charge in [-0.15, -0.1) is 0 Å². The van der Waals surface area contributed by atoms with Crippen LogP contribution in [0.1, 0.15) is 40.0 Å². The standard InChI is InChI=1S/C16H24O3/c1-6-18-10-11(2)14(17)19-13-9-12-7-8-16(13,5)15(12,3)4/h6,12-13H,1-2,7-10H2,3-5H3/t12-,13?,16-/m1/s1. The van der Waals surface area contributed by atoms with Crippen molar-refractivity contribution in [3.05, 3.63) is 25.0 Å². The first-order chi connectivity index (χ1) is 8.83. The molecule has 2 rings (SSSR count). The molecule has 2 aliphatic rings. The Morgan fingerprint density at radius 3 is 2.58 bits per heavy atom. The number of carbonyl (C=O) groups is 1. The number of esters is 1. The van der Waals surface area contributed by atoms with Crippen LogP contribution in [0.2, 0.25) is 0 Å². The fraction of sp³-hybridized carbons (Fsp3) is 0.688. The van der Waals surface area contributed by atoms with Crippen LogP contribution in [-0.2, 0) is 14.3 Å². The van der Waals surface area contributed by atoms with Crippen molar-refractivity contribution in [1.29, 1.82) is 0 Å². The molecular weight excluding hydrogens is 240 g/mol. The summed E-state index contributed by atoms with van der Waals surface area (Å²) in [5.74, 6) is 0.324. The molecule has 0 radical (unpaired) electrons. The maximum absolute atomic E-state index is 12.0. The predicted molar refractivity (Wildman–Crippen MR) is 74.4 cm³/mol. The number of ether oxygens (including phenoxy) is 2. The number of carbonyl (C=O) groups excluding carboxylic acids is 1. The van der Waals surface area contributed by atoms with Crippen molar-refractivity contribution in [2.45, 2.75) is 46.1 Å². The van der Waals surface area contributed by atoms with Crippen LogP contribution in [0.15, 0.2) is 25.0 Å². The van der Waals surface area contributed by atoms with Gasteiger partial charge in [0.05, 0.1) is 11.8 Å². The molecule has 0 aliphatic heterocycles. The average molecular weight is 264 g/mol. The molecular formula is C16H24O3. The Balaban J connectivity index is 2.00. The van der Waals surface area contributed by atoms with Crippen LogP contribution < -0.4 is 0 Å². The summed E-state index contributed by atoms with van der Waals surface area (Å²) in [6, 6.07) is 0. The van der Waals surface area contributed by atoms with Gasteiger partial charge in [-0.2, -0.15) is 0 Å². The highest BCUT2D eigenvalue weighted by Crippen LogP contribution is 2.66. The van der Waals surface area contributed by atoms with E-state index in [4.69, 9.17) is 9.47 Å². The summed E-state index contributed by atoms with van der Waals surface area (Å²) in [6.45, 7) is 14.2. The summed E-state index contributed by atoms with van der Waals surface area (Å²) in [5, 5.41) is 0. The highest BCUT2D eigenvalue weighted by atomic mass is 16.5. The van der Waals surface area contributed by atoms with E-state index in [1.165, 1.54) is 12.7 Å². The van der Waals surface area contributed by atoms with E-state index in [1.807, 2.05) is 0 Å². The normalized spacial score (nSPS) is 34.9. The number of fused-ring (bicyclic) bond motifs is 2. The number of hydrogen-bond donors (Lipinski definition) is 0. The molecule has 3 heteroatoms. The molecule has 2 fully saturated rings. The molecule has 3 nitrogen and oxygen atoms in total. The third-order valence-electron chi connectivity index (χ3n) is 5.63. The molecule has 2 aliphatic carbocycles. The molecule has 0 amide bonds. The lowest BCUT2D eigenvalue weighted by Gasteiger charge is -2.38. The SMILES string of the molecule is C=COCC(=C)C(=O)OC1C[C@H]2CC[C@@]1(C)C2(C)C. The highest BCUT2D eigenvalue weighted by molar-refractivity contribution is 5.88. The minimum Gasteiger partial charge on any atom is -0.497 e. The highest BCUT2D eigenvalue weighted by Gasteiger charge is 2.62. The molecule has 2 saturated carbocycles. The predicted octanol–water partition coefficient (Wildman–Crippen LogP) is 3.46. The maximum Gasteiger partial charge on any atom is 0.337 e. The minimum atomic E-state index is -0.337. The minimum absolute atomic E-state index is 0.00855. The lowest BCUT2D eigenvalue weighted by molar-refractivity contribution is -0.152. The Bertz CT molecular complexity index is 410. The van der Waals surface area contributed by atoms with Crippen LogP contribution >= 0.6 is 0 Å². The fourth-order valence-electron chi connectivity index (χ4n) is 3.74. The van der Waals surface area contributed by atoms with E-state index >= 15 is 0 Å². The van der Waals surface area contributed by atoms with Gasteiger partial charge in [0.15, 0.2) is 0 Å². The van der Waals surface area contributed by atoms with Gasteiger partial charge in [-0.05, 0) is 30.6 Å². The van der Waals surface area contributed by atoms with E-state index in [9.17, 15) is 4.79 Å². The van der Waals surface area contributed by atoms with E-state index in [0.29, 0.717) is 11.5 Å². The van der Waals surface area contributed by atoms with Gasteiger partial charge in [0.25, 0.3) is 0 Å². The second-order valence-electron chi connectivity index (χ2n) is 6.59. The quantitative estimate of drug-likeness (QED) is 0.433. The van der Waals surface area contributed by atoms with E-state index in [1.54, 1.807) is 0 Å². The molecule has 1 unspecified atom stereocenters. The Hall–Kier alpha value is -1.25. The summed E-state index contributed by atoms with van der Waals surface area (Å²) in [6.07, 6.45) is 4.68. The molecule has 3 atom stereocenters. The van der Waals surface area contributed by atoms with Crippen LogP contribution in [0, 0.1) is 16.7 Å². The van der Waals surface area contributed by atoms with E-state index in [2.05, 4.69) is 33.9 Å². The first kappa shape index (κ1) is 14.2. The van der Waals surface area contributed by atoms with E-state index in [0.717, 1.165) is 12.8 Å². The average Bonchev–Trinajstić information content (AvgIpc) is 2.68. The van der Waals surface area contributed by atoms with Gasteiger partial charge in [-0.3, -0.25) is 0 Å². The van der Waals surface area contributed by atoms with E-state index in [-0.39, 0.29) is 29.5 Å². The zero-order valence-electron chi connectivity index (χ0n) is 12.2. The van der Waals surface area contributed by atoms with Crippen LogP contribution in [0.3, 0.4) is 0 Å². The zero-order chi connectivity index (χ0) is 14.3.